The number of nitrogens with zero attached hydrogens (tertiary/aromatic N) is 3. The van der Waals surface area contributed by atoms with E-state index in [0.717, 1.165) is 43.7 Å². The second kappa shape index (κ2) is 6.22. The van der Waals surface area contributed by atoms with E-state index in [1.54, 1.807) is 0 Å². The van der Waals surface area contributed by atoms with E-state index in [1.165, 1.54) is 0 Å². The average Bonchev–Trinajstić information content (AvgIpc) is 2.96. The number of fused-ring (bicyclic) bond motifs is 1. The number of nitrogens with one attached hydrogen (secondary N) is 1. The zero-order valence-corrected chi connectivity index (χ0v) is 12.0. The topological polar surface area (TPSA) is 85.3 Å². The standard InChI is InChI=1S/C15H21N5O/c16-9-11-4-6-12(7-5-11)15(21)17-10-14-19-18-13-3-1-2-8-20(13)14/h1-3,8,11-12H,4-7,9-10,16H2,(H,17,21). The van der Waals surface area contributed by atoms with E-state index in [0.29, 0.717) is 12.5 Å². The van der Waals surface area contributed by atoms with E-state index < -0.39 is 0 Å². The van der Waals surface area contributed by atoms with Crippen molar-refractivity contribution in [1.29, 1.82) is 0 Å². The summed E-state index contributed by atoms with van der Waals surface area (Å²) >= 11 is 0. The second-order valence-corrected chi connectivity index (χ2v) is 5.72. The maximum atomic E-state index is 12.2. The quantitative estimate of drug-likeness (QED) is 0.882. The molecule has 0 spiro atoms. The molecule has 1 amide bonds. The fourth-order valence-corrected chi connectivity index (χ4v) is 2.98. The molecule has 1 aliphatic rings. The van der Waals surface area contributed by atoms with E-state index in [-0.39, 0.29) is 11.8 Å². The average molecular weight is 287 g/mol. The molecule has 1 fully saturated rings. The van der Waals surface area contributed by atoms with Crippen LogP contribution >= 0.6 is 0 Å². The van der Waals surface area contributed by atoms with Crippen molar-refractivity contribution < 1.29 is 4.79 Å². The Morgan fingerprint density at radius 2 is 2.10 bits per heavy atom. The first-order chi connectivity index (χ1) is 10.3. The Kier molecular flexibility index (Phi) is 4.15. The molecule has 6 nitrogen and oxygen atoms in total. The van der Waals surface area contributed by atoms with Crippen LogP contribution in [0.3, 0.4) is 0 Å². The lowest BCUT2D eigenvalue weighted by Crippen LogP contribution is -2.34. The van der Waals surface area contributed by atoms with Gasteiger partial charge in [0.05, 0.1) is 6.54 Å². The molecule has 2 aromatic heterocycles. The third-order valence-electron chi connectivity index (χ3n) is 4.36. The highest BCUT2D eigenvalue weighted by molar-refractivity contribution is 5.78. The number of nitrogens with two attached hydrogens (primary N) is 1. The predicted octanol–water partition coefficient (Wildman–Crippen LogP) is 1.11. The highest BCUT2D eigenvalue weighted by atomic mass is 16.1. The van der Waals surface area contributed by atoms with Crippen molar-refractivity contribution in [3.63, 3.8) is 0 Å². The number of carbonyl (C=O) groups is 1. The molecule has 0 radical (unpaired) electrons. The van der Waals surface area contributed by atoms with Gasteiger partial charge in [-0.15, -0.1) is 10.2 Å². The van der Waals surface area contributed by atoms with Crippen LogP contribution < -0.4 is 11.1 Å². The lowest BCUT2D eigenvalue weighted by molar-refractivity contribution is -0.126. The summed E-state index contributed by atoms with van der Waals surface area (Å²) in [5.74, 6) is 1.59. The van der Waals surface area contributed by atoms with Crippen LogP contribution in [-0.4, -0.2) is 27.0 Å². The van der Waals surface area contributed by atoms with Crippen molar-refractivity contribution in [2.24, 2.45) is 17.6 Å². The summed E-state index contributed by atoms with van der Waals surface area (Å²) in [5.41, 5.74) is 6.48. The summed E-state index contributed by atoms with van der Waals surface area (Å²) in [4.78, 5) is 12.2. The molecule has 0 atom stereocenters. The minimum absolute atomic E-state index is 0.118. The molecule has 0 saturated heterocycles. The van der Waals surface area contributed by atoms with Crippen LogP contribution in [0.4, 0.5) is 0 Å². The molecule has 0 aliphatic heterocycles. The van der Waals surface area contributed by atoms with E-state index in [1.807, 2.05) is 28.8 Å². The van der Waals surface area contributed by atoms with Crippen molar-refractivity contribution in [2.75, 3.05) is 6.54 Å². The van der Waals surface area contributed by atoms with Gasteiger partial charge in [0.2, 0.25) is 5.91 Å². The number of rotatable bonds is 4. The second-order valence-electron chi connectivity index (χ2n) is 5.72. The molecule has 21 heavy (non-hydrogen) atoms. The fourth-order valence-electron chi connectivity index (χ4n) is 2.98. The summed E-state index contributed by atoms with van der Waals surface area (Å²) in [5, 5.41) is 11.2. The number of aromatic nitrogens is 3. The third kappa shape index (κ3) is 3.05. The largest absolute Gasteiger partial charge is 0.349 e. The molecule has 112 valence electrons. The molecule has 1 aliphatic carbocycles. The van der Waals surface area contributed by atoms with Crippen molar-refractivity contribution >= 4 is 11.6 Å². The van der Waals surface area contributed by atoms with Crippen molar-refractivity contribution in [2.45, 2.75) is 32.2 Å². The summed E-state index contributed by atoms with van der Waals surface area (Å²) in [7, 11) is 0. The SMILES string of the molecule is NCC1CCC(C(=O)NCc2nnc3ccccn23)CC1. The van der Waals surface area contributed by atoms with Gasteiger partial charge in [-0.05, 0) is 50.3 Å². The lowest BCUT2D eigenvalue weighted by Gasteiger charge is -2.26. The lowest BCUT2D eigenvalue weighted by atomic mass is 9.81. The molecule has 3 rings (SSSR count). The van der Waals surface area contributed by atoms with Gasteiger partial charge >= 0.3 is 0 Å². The monoisotopic (exact) mass is 287 g/mol. The highest BCUT2D eigenvalue weighted by Gasteiger charge is 2.25. The minimum Gasteiger partial charge on any atom is -0.349 e. The molecule has 0 aromatic carbocycles. The van der Waals surface area contributed by atoms with Gasteiger partial charge in [-0.25, -0.2) is 0 Å². The van der Waals surface area contributed by atoms with E-state index >= 15 is 0 Å². The highest BCUT2D eigenvalue weighted by Crippen LogP contribution is 2.28. The first-order valence-corrected chi connectivity index (χ1v) is 7.54. The predicted molar refractivity (Wildman–Crippen MR) is 79.3 cm³/mol. The normalized spacial score (nSPS) is 22.3. The molecule has 1 saturated carbocycles. The maximum absolute atomic E-state index is 12.2. The van der Waals surface area contributed by atoms with Gasteiger partial charge in [-0.1, -0.05) is 6.07 Å². The van der Waals surface area contributed by atoms with Gasteiger partial charge in [0, 0.05) is 12.1 Å². The smallest absolute Gasteiger partial charge is 0.223 e. The van der Waals surface area contributed by atoms with Crippen LogP contribution in [0.25, 0.3) is 5.65 Å². The van der Waals surface area contributed by atoms with Gasteiger partial charge in [0.15, 0.2) is 11.5 Å². The van der Waals surface area contributed by atoms with Crippen LogP contribution in [-0.2, 0) is 11.3 Å². The molecular weight excluding hydrogens is 266 g/mol. The summed E-state index contributed by atoms with van der Waals surface area (Å²) < 4.78 is 1.89. The van der Waals surface area contributed by atoms with E-state index in [4.69, 9.17) is 5.73 Å². The van der Waals surface area contributed by atoms with E-state index in [2.05, 4.69) is 15.5 Å². The molecule has 2 heterocycles. The van der Waals surface area contributed by atoms with Crippen LogP contribution in [0.2, 0.25) is 0 Å². The zero-order valence-electron chi connectivity index (χ0n) is 12.0. The van der Waals surface area contributed by atoms with Crippen LogP contribution in [0.15, 0.2) is 24.4 Å². The van der Waals surface area contributed by atoms with Crippen molar-refractivity contribution in [1.82, 2.24) is 19.9 Å². The molecular formula is C15H21N5O. The molecule has 3 N–H and O–H groups in total. The van der Waals surface area contributed by atoms with Crippen molar-refractivity contribution in [3.8, 4) is 0 Å². The third-order valence-corrected chi connectivity index (χ3v) is 4.36. The maximum Gasteiger partial charge on any atom is 0.223 e. The van der Waals surface area contributed by atoms with E-state index in [9.17, 15) is 4.79 Å². The Balaban J connectivity index is 1.56. The molecule has 0 bridgehead atoms. The Labute approximate surface area is 123 Å². The number of amides is 1. The zero-order chi connectivity index (χ0) is 14.7. The Hall–Kier alpha value is -1.95. The number of hydrogen-bond donors (Lipinski definition) is 2. The van der Waals surface area contributed by atoms with Crippen LogP contribution in [0.1, 0.15) is 31.5 Å². The van der Waals surface area contributed by atoms with Crippen LogP contribution in [0.5, 0.6) is 0 Å². The molecule has 0 unspecified atom stereocenters. The molecule has 6 heteroatoms. The first-order valence-electron chi connectivity index (χ1n) is 7.54. The van der Waals surface area contributed by atoms with Gasteiger partial charge in [-0.2, -0.15) is 0 Å². The Bertz CT molecular complexity index is 615. The van der Waals surface area contributed by atoms with Gasteiger partial charge < -0.3 is 11.1 Å². The first kappa shape index (κ1) is 14.0. The summed E-state index contributed by atoms with van der Waals surface area (Å²) in [6.45, 7) is 1.15. The molecule has 2 aromatic rings. The van der Waals surface area contributed by atoms with Gasteiger partial charge in [0.25, 0.3) is 0 Å². The van der Waals surface area contributed by atoms with Gasteiger partial charge in [-0.3, -0.25) is 9.20 Å². The minimum atomic E-state index is 0.118. The summed E-state index contributed by atoms with van der Waals surface area (Å²) in [6.07, 6.45) is 5.90. The van der Waals surface area contributed by atoms with Crippen molar-refractivity contribution in [3.05, 3.63) is 30.2 Å². The van der Waals surface area contributed by atoms with Gasteiger partial charge in [0.1, 0.15) is 0 Å². The Morgan fingerprint density at radius 3 is 2.86 bits per heavy atom. The Morgan fingerprint density at radius 1 is 1.29 bits per heavy atom. The number of carbonyl (C=O) groups excluding carboxylic acids is 1. The number of hydrogen-bond acceptors (Lipinski definition) is 4. The number of pyridine rings is 1. The fraction of sp³-hybridized carbons (Fsp3) is 0.533. The van der Waals surface area contributed by atoms with Crippen LogP contribution in [0, 0.1) is 11.8 Å². The summed E-state index contributed by atoms with van der Waals surface area (Å²) in [6, 6.07) is 5.74.